The molecule has 1 atom stereocenters. The van der Waals surface area contributed by atoms with Gasteiger partial charge in [-0.2, -0.15) is 0 Å². The normalized spacial score (nSPS) is 19.1. The van der Waals surface area contributed by atoms with Crippen LogP contribution < -0.4 is 4.74 Å². The van der Waals surface area contributed by atoms with Gasteiger partial charge in [0.1, 0.15) is 11.4 Å². The van der Waals surface area contributed by atoms with Crippen LogP contribution in [0.5, 0.6) is 5.75 Å². The second-order valence-corrected chi connectivity index (χ2v) is 12.4. The van der Waals surface area contributed by atoms with E-state index in [0.717, 1.165) is 50.1 Å². The molecule has 40 heavy (non-hydrogen) atoms. The number of likely N-dealkylation sites (tertiary alicyclic amines) is 1. The number of rotatable bonds is 7. The molecule has 0 aromatic heterocycles. The minimum atomic E-state index is -0.583. The van der Waals surface area contributed by atoms with Crippen molar-refractivity contribution >= 4 is 12.0 Å². The van der Waals surface area contributed by atoms with Gasteiger partial charge in [-0.25, -0.2) is 4.79 Å². The lowest BCUT2D eigenvalue weighted by Gasteiger charge is -2.34. The number of benzene rings is 2. The van der Waals surface area contributed by atoms with Crippen molar-refractivity contribution in [3.63, 3.8) is 0 Å². The van der Waals surface area contributed by atoms with E-state index in [9.17, 15) is 14.7 Å². The van der Waals surface area contributed by atoms with E-state index in [1.54, 1.807) is 9.80 Å². The first-order chi connectivity index (χ1) is 19.1. The predicted molar refractivity (Wildman–Crippen MR) is 154 cm³/mol. The number of aliphatic hydroxyl groups excluding tert-OH is 1. The number of carbonyl (C=O) groups is 2. The lowest BCUT2D eigenvalue weighted by molar-refractivity contribution is 0.0164. The van der Waals surface area contributed by atoms with Gasteiger partial charge in [0, 0.05) is 51.4 Å². The van der Waals surface area contributed by atoms with Gasteiger partial charge in [0.15, 0.2) is 0 Å². The highest BCUT2D eigenvalue weighted by Crippen LogP contribution is 2.26. The van der Waals surface area contributed by atoms with Crippen LogP contribution in [0, 0.1) is 5.92 Å². The first-order valence-electron chi connectivity index (χ1n) is 14.6. The number of β-amino-alcohol motifs (C(OH)–C–C–N with tert-alkyl or cyclic N) is 1. The summed E-state index contributed by atoms with van der Waals surface area (Å²) in [6.45, 7) is 10.9. The zero-order chi connectivity index (χ0) is 28.3. The zero-order valence-electron chi connectivity index (χ0n) is 24.1. The van der Waals surface area contributed by atoms with Crippen LogP contribution in [0.1, 0.15) is 60.7 Å². The Morgan fingerprint density at radius 1 is 0.975 bits per heavy atom. The van der Waals surface area contributed by atoms with Gasteiger partial charge in [-0.15, -0.1) is 0 Å². The molecule has 0 spiro atoms. The highest BCUT2D eigenvalue weighted by molar-refractivity contribution is 5.97. The minimum Gasteiger partial charge on any atom is -0.493 e. The molecule has 0 unspecified atom stereocenters. The molecule has 5 rings (SSSR count). The third kappa shape index (κ3) is 7.15. The molecule has 216 valence electrons. The molecule has 3 aliphatic heterocycles. The first kappa shape index (κ1) is 28.4. The van der Waals surface area contributed by atoms with E-state index in [0.29, 0.717) is 50.8 Å². The molecule has 0 radical (unpaired) electrons. The summed E-state index contributed by atoms with van der Waals surface area (Å²) in [7, 11) is 0. The summed E-state index contributed by atoms with van der Waals surface area (Å²) in [5, 5.41) is 10.8. The molecule has 8 nitrogen and oxygen atoms in total. The summed E-state index contributed by atoms with van der Waals surface area (Å²) in [5.41, 5.74) is 3.93. The second-order valence-electron chi connectivity index (χ2n) is 12.4. The Kier molecular flexibility index (Phi) is 8.66. The van der Waals surface area contributed by atoms with Gasteiger partial charge >= 0.3 is 6.09 Å². The van der Waals surface area contributed by atoms with Gasteiger partial charge in [-0.05, 0) is 87.3 Å². The minimum absolute atomic E-state index is 0.0228. The topological polar surface area (TPSA) is 82.5 Å². The van der Waals surface area contributed by atoms with Crippen molar-refractivity contribution in [3.8, 4) is 5.75 Å². The molecule has 1 saturated heterocycles. The number of ether oxygens (including phenoxy) is 2. The fraction of sp³-hybridized carbons (Fsp3) is 0.562. The molecule has 1 N–H and O–H groups in total. The molecule has 0 aliphatic carbocycles. The van der Waals surface area contributed by atoms with Crippen LogP contribution in [0.4, 0.5) is 4.79 Å². The molecular formula is C32H43N3O5. The molecule has 2 aromatic carbocycles. The Balaban J connectivity index is 1.07. The van der Waals surface area contributed by atoms with Gasteiger partial charge in [0.25, 0.3) is 5.91 Å². The van der Waals surface area contributed by atoms with Crippen LogP contribution in [0.15, 0.2) is 42.5 Å². The number of carbonyl (C=O) groups excluding carboxylic acids is 2. The van der Waals surface area contributed by atoms with E-state index in [-0.39, 0.29) is 12.0 Å². The molecular weight excluding hydrogens is 506 g/mol. The Morgan fingerprint density at radius 3 is 2.45 bits per heavy atom. The third-order valence-corrected chi connectivity index (χ3v) is 8.11. The number of nitrogens with zero attached hydrogens (tertiary/aromatic N) is 3. The van der Waals surface area contributed by atoms with Crippen molar-refractivity contribution in [1.29, 1.82) is 0 Å². The molecule has 1 fully saturated rings. The van der Waals surface area contributed by atoms with Gasteiger partial charge in [0.05, 0.1) is 12.7 Å². The molecule has 0 saturated carbocycles. The second kappa shape index (κ2) is 12.2. The van der Waals surface area contributed by atoms with Crippen molar-refractivity contribution in [1.82, 2.24) is 14.7 Å². The molecule has 3 heterocycles. The Morgan fingerprint density at radius 2 is 1.70 bits per heavy atom. The maximum Gasteiger partial charge on any atom is 0.410 e. The van der Waals surface area contributed by atoms with Crippen molar-refractivity contribution < 1.29 is 24.2 Å². The number of piperidine rings is 1. The maximum absolute atomic E-state index is 13.2. The molecule has 8 heteroatoms. The van der Waals surface area contributed by atoms with Crippen molar-refractivity contribution in [2.45, 2.75) is 64.7 Å². The quantitative estimate of drug-likeness (QED) is 0.559. The highest BCUT2D eigenvalue weighted by atomic mass is 16.6. The Hall–Kier alpha value is -3.10. The standard InChI is InChI=1S/C32H43N3O5/c1-32(2,3)40-31(38)34-15-10-23(11-16-34)22-39-28-8-9-29-25(18-28)13-17-35(30(29)37)21-27(36)20-33-14-12-24-6-4-5-7-26(24)19-33/h4-9,18,23,27,36H,10-17,19-22H2,1-3H3/t27-/m1/s1. The van der Waals surface area contributed by atoms with E-state index in [4.69, 9.17) is 9.47 Å². The van der Waals surface area contributed by atoms with Gasteiger partial charge in [-0.1, -0.05) is 24.3 Å². The summed E-state index contributed by atoms with van der Waals surface area (Å²) in [6, 6.07) is 14.2. The molecule has 0 bridgehead atoms. The average molecular weight is 550 g/mol. The zero-order valence-corrected chi connectivity index (χ0v) is 24.1. The Bertz CT molecular complexity index is 1200. The number of hydrogen-bond acceptors (Lipinski definition) is 6. The number of hydrogen-bond donors (Lipinski definition) is 1. The fourth-order valence-electron chi connectivity index (χ4n) is 5.92. The average Bonchev–Trinajstić information content (AvgIpc) is 2.92. The molecule has 2 aromatic rings. The third-order valence-electron chi connectivity index (χ3n) is 8.11. The summed E-state index contributed by atoms with van der Waals surface area (Å²) < 4.78 is 11.6. The van der Waals surface area contributed by atoms with Crippen molar-refractivity contribution in [2.75, 3.05) is 45.9 Å². The van der Waals surface area contributed by atoms with Crippen LogP contribution in [-0.4, -0.2) is 89.4 Å². The van der Waals surface area contributed by atoms with Crippen LogP contribution >= 0.6 is 0 Å². The van der Waals surface area contributed by atoms with Crippen LogP contribution in [0.3, 0.4) is 0 Å². The van der Waals surface area contributed by atoms with Crippen molar-refractivity contribution in [3.05, 3.63) is 64.7 Å². The van der Waals surface area contributed by atoms with Crippen LogP contribution in [0.2, 0.25) is 0 Å². The summed E-state index contributed by atoms with van der Waals surface area (Å²) in [6.07, 6.45) is 2.67. The summed E-state index contributed by atoms with van der Waals surface area (Å²) in [5.74, 6) is 1.13. The highest BCUT2D eigenvalue weighted by Gasteiger charge is 2.29. The lowest BCUT2D eigenvalue weighted by Crippen LogP contribution is -2.46. The fourth-order valence-corrected chi connectivity index (χ4v) is 5.92. The number of fused-ring (bicyclic) bond motifs is 2. The van der Waals surface area contributed by atoms with E-state index in [1.165, 1.54) is 11.1 Å². The molecule has 2 amide bonds. The summed E-state index contributed by atoms with van der Waals surface area (Å²) >= 11 is 0. The van der Waals surface area contributed by atoms with E-state index < -0.39 is 11.7 Å². The van der Waals surface area contributed by atoms with Crippen molar-refractivity contribution in [2.24, 2.45) is 5.92 Å². The van der Waals surface area contributed by atoms with E-state index in [1.807, 2.05) is 39.0 Å². The van der Waals surface area contributed by atoms with Crippen LogP contribution in [-0.2, 0) is 24.1 Å². The predicted octanol–water partition coefficient (Wildman–Crippen LogP) is 4.13. The van der Waals surface area contributed by atoms with Crippen LogP contribution in [0.25, 0.3) is 0 Å². The monoisotopic (exact) mass is 549 g/mol. The molecule has 3 aliphatic rings. The number of aliphatic hydroxyl groups is 1. The lowest BCUT2D eigenvalue weighted by atomic mass is 9.97. The van der Waals surface area contributed by atoms with Gasteiger partial charge < -0.3 is 24.4 Å². The maximum atomic E-state index is 13.2. The smallest absolute Gasteiger partial charge is 0.410 e. The van der Waals surface area contributed by atoms with Gasteiger partial charge in [0.2, 0.25) is 0 Å². The van der Waals surface area contributed by atoms with E-state index >= 15 is 0 Å². The SMILES string of the molecule is CC(C)(C)OC(=O)N1CCC(COc2ccc3c(c2)CCN(C[C@H](O)CN2CCc4ccccc4C2)C3=O)CC1. The first-order valence-corrected chi connectivity index (χ1v) is 14.6. The summed E-state index contributed by atoms with van der Waals surface area (Å²) in [4.78, 5) is 31.4. The van der Waals surface area contributed by atoms with E-state index in [2.05, 4.69) is 29.2 Å². The Labute approximate surface area is 237 Å². The largest absolute Gasteiger partial charge is 0.493 e. The number of amides is 2. The van der Waals surface area contributed by atoms with Gasteiger partial charge in [-0.3, -0.25) is 9.69 Å².